The number of benzene rings is 1. The largest absolute Gasteiger partial charge is 0.493 e. The first-order valence-electron chi connectivity index (χ1n) is 5.93. The Morgan fingerprint density at radius 3 is 2.47 bits per heavy atom. The van der Waals surface area contributed by atoms with E-state index in [1.807, 2.05) is 25.1 Å². The zero-order valence-corrected chi connectivity index (χ0v) is 12.4. The third-order valence-electron chi connectivity index (χ3n) is 2.45. The molecule has 0 heterocycles. The van der Waals surface area contributed by atoms with Crippen LogP contribution in [0.4, 0.5) is 0 Å². The van der Waals surface area contributed by atoms with Gasteiger partial charge in [0.15, 0.2) is 16.6 Å². The van der Waals surface area contributed by atoms with Crippen molar-refractivity contribution in [3.05, 3.63) is 35.9 Å². The Kier molecular flexibility index (Phi) is 6.15. The third kappa shape index (κ3) is 5.18. The van der Waals surface area contributed by atoms with E-state index in [9.17, 15) is 0 Å². The molecular formula is C14H20N2O2S. The van der Waals surface area contributed by atoms with Crippen molar-refractivity contribution in [2.24, 2.45) is 0 Å². The fraction of sp³-hybridized carbons (Fsp3) is 0.357. The first-order chi connectivity index (χ1) is 9.06. The minimum atomic E-state index is 0.609. The lowest BCUT2D eigenvalue weighted by Crippen LogP contribution is -2.35. The van der Waals surface area contributed by atoms with E-state index in [0.29, 0.717) is 29.7 Å². The molecule has 0 saturated carbocycles. The van der Waals surface area contributed by atoms with Gasteiger partial charge in [-0.2, -0.15) is 0 Å². The smallest absolute Gasteiger partial charge is 0.166 e. The molecule has 1 aromatic rings. The second-order valence-corrected chi connectivity index (χ2v) is 4.59. The average Bonchev–Trinajstić information content (AvgIpc) is 2.42. The highest BCUT2D eigenvalue weighted by molar-refractivity contribution is 7.80. The molecule has 0 radical (unpaired) electrons. The average molecular weight is 280 g/mol. The van der Waals surface area contributed by atoms with Crippen LogP contribution < -0.4 is 20.1 Å². The van der Waals surface area contributed by atoms with E-state index in [0.717, 1.165) is 11.1 Å². The number of hydrogen-bond acceptors (Lipinski definition) is 3. The normalized spacial score (nSPS) is 9.63. The summed E-state index contributed by atoms with van der Waals surface area (Å²) in [7, 11) is 3.24. The van der Waals surface area contributed by atoms with Crippen LogP contribution in [0.1, 0.15) is 12.5 Å². The predicted molar refractivity (Wildman–Crippen MR) is 81.8 cm³/mol. The Bertz CT molecular complexity index is 461. The molecule has 0 aliphatic carbocycles. The molecule has 5 heteroatoms. The Labute approximate surface area is 119 Å². The molecule has 1 rings (SSSR count). The molecule has 0 aromatic heterocycles. The summed E-state index contributed by atoms with van der Waals surface area (Å²) in [5.74, 6) is 1.43. The van der Waals surface area contributed by atoms with E-state index in [1.165, 1.54) is 0 Å². The molecule has 0 aliphatic rings. The van der Waals surface area contributed by atoms with Gasteiger partial charge in [-0.25, -0.2) is 0 Å². The van der Waals surface area contributed by atoms with Crippen LogP contribution in [0.3, 0.4) is 0 Å². The lowest BCUT2D eigenvalue weighted by Gasteiger charge is -2.12. The van der Waals surface area contributed by atoms with Crippen molar-refractivity contribution in [2.75, 3.05) is 20.8 Å². The van der Waals surface area contributed by atoms with Gasteiger partial charge in [0.25, 0.3) is 0 Å². The molecule has 0 saturated heterocycles. The number of hydrogen-bond donors (Lipinski definition) is 2. The van der Waals surface area contributed by atoms with E-state index >= 15 is 0 Å². The first-order valence-corrected chi connectivity index (χ1v) is 6.34. The van der Waals surface area contributed by atoms with Crippen LogP contribution >= 0.6 is 12.2 Å². The molecule has 1 aromatic carbocycles. The molecule has 0 fully saturated rings. The van der Waals surface area contributed by atoms with Crippen LogP contribution in [0.25, 0.3) is 0 Å². The molecule has 19 heavy (non-hydrogen) atoms. The number of nitrogens with one attached hydrogen (secondary N) is 2. The van der Waals surface area contributed by atoms with Crippen molar-refractivity contribution < 1.29 is 9.47 Å². The molecule has 2 N–H and O–H groups in total. The fourth-order valence-electron chi connectivity index (χ4n) is 1.47. The van der Waals surface area contributed by atoms with Gasteiger partial charge in [-0.05, 0) is 36.8 Å². The summed E-state index contributed by atoms with van der Waals surface area (Å²) in [5, 5.41) is 6.80. The summed E-state index contributed by atoms with van der Waals surface area (Å²) in [6.45, 7) is 7.06. The maximum absolute atomic E-state index is 5.25. The maximum Gasteiger partial charge on any atom is 0.166 e. The van der Waals surface area contributed by atoms with Gasteiger partial charge >= 0.3 is 0 Å². The Morgan fingerprint density at radius 2 is 1.89 bits per heavy atom. The number of rotatable bonds is 6. The van der Waals surface area contributed by atoms with Crippen molar-refractivity contribution in [1.82, 2.24) is 10.6 Å². The van der Waals surface area contributed by atoms with E-state index < -0.39 is 0 Å². The van der Waals surface area contributed by atoms with E-state index in [4.69, 9.17) is 21.7 Å². The predicted octanol–water partition coefficient (Wildman–Crippen LogP) is 2.24. The summed E-state index contributed by atoms with van der Waals surface area (Å²) in [5.41, 5.74) is 2.10. The lowest BCUT2D eigenvalue weighted by molar-refractivity contribution is 0.354. The molecule has 0 unspecified atom stereocenters. The fourth-order valence-corrected chi connectivity index (χ4v) is 1.61. The lowest BCUT2D eigenvalue weighted by atomic mass is 10.2. The molecular weight excluding hydrogens is 260 g/mol. The quantitative estimate of drug-likeness (QED) is 0.618. The van der Waals surface area contributed by atoms with Crippen molar-refractivity contribution in [2.45, 2.75) is 13.5 Å². The van der Waals surface area contributed by atoms with Crippen LogP contribution in [-0.2, 0) is 6.54 Å². The van der Waals surface area contributed by atoms with E-state index in [1.54, 1.807) is 14.2 Å². The molecule has 4 nitrogen and oxygen atoms in total. The molecule has 0 bridgehead atoms. The zero-order chi connectivity index (χ0) is 14.3. The molecule has 0 spiro atoms. The number of thiocarbonyl (C=S) groups is 1. The first kappa shape index (κ1) is 15.3. The van der Waals surface area contributed by atoms with Gasteiger partial charge in [0, 0.05) is 13.1 Å². The van der Waals surface area contributed by atoms with Crippen molar-refractivity contribution in [1.29, 1.82) is 0 Å². The van der Waals surface area contributed by atoms with Gasteiger partial charge in [0.05, 0.1) is 14.2 Å². The van der Waals surface area contributed by atoms with Crippen LogP contribution in [0, 0.1) is 0 Å². The van der Waals surface area contributed by atoms with Gasteiger partial charge < -0.3 is 20.1 Å². The SMILES string of the molecule is C=C(C)CNC(=S)NCc1ccc(OC)c(OC)c1. The van der Waals surface area contributed by atoms with Crippen LogP contribution in [0.15, 0.2) is 30.4 Å². The van der Waals surface area contributed by atoms with Crippen molar-refractivity contribution in [3.8, 4) is 11.5 Å². The van der Waals surface area contributed by atoms with Crippen LogP contribution in [0.2, 0.25) is 0 Å². The highest BCUT2D eigenvalue weighted by Gasteiger charge is 2.04. The molecule has 104 valence electrons. The van der Waals surface area contributed by atoms with Gasteiger partial charge in [0.1, 0.15) is 0 Å². The summed E-state index contributed by atoms with van der Waals surface area (Å²) in [4.78, 5) is 0. The topological polar surface area (TPSA) is 42.5 Å². The minimum absolute atomic E-state index is 0.609. The van der Waals surface area contributed by atoms with Gasteiger partial charge in [-0.3, -0.25) is 0 Å². The maximum atomic E-state index is 5.25. The standard InChI is InChI=1S/C14H20N2O2S/c1-10(2)8-15-14(19)16-9-11-5-6-12(17-3)13(7-11)18-4/h5-7H,1,8-9H2,2-4H3,(H2,15,16,19). The minimum Gasteiger partial charge on any atom is -0.493 e. The van der Waals surface area contributed by atoms with Crippen molar-refractivity contribution in [3.63, 3.8) is 0 Å². The van der Waals surface area contributed by atoms with Gasteiger partial charge in [-0.1, -0.05) is 18.2 Å². The molecule has 0 aliphatic heterocycles. The number of methoxy groups -OCH3 is 2. The highest BCUT2D eigenvalue weighted by Crippen LogP contribution is 2.27. The Hall–Kier alpha value is -1.75. The van der Waals surface area contributed by atoms with E-state index in [2.05, 4.69) is 17.2 Å². The summed E-state index contributed by atoms with van der Waals surface area (Å²) in [6.07, 6.45) is 0. The second-order valence-electron chi connectivity index (χ2n) is 4.18. The highest BCUT2D eigenvalue weighted by atomic mass is 32.1. The zero-order valence-electron chi connectivity index (χ0n) is 11.6. The monoisotopic (exact) mass is 280 g/mol. The molecule has 0 amide bonds. The van der Waals surface area contributed by atoms with Crippen LogP contribution in [0.5, 0.6) is 11.5 Å². The summed E-state index contributed by atoms with van der Waals surface area (Å²) < 4.78 is 10.4. The van der Waals surface area contributed by atoms with Gasteiger partial charge in [-0.15, -0.1) is 0 Å². The third-order valence-corrected chi connectivity index (χ3v) is 2.74. The summed E-state index contributed by atoms with van der Waals surface area (Å²) >= 11 is 5.16. The molecule has 0 atom stereocenters. The Balaban J connectivity index is 2.53. The van der Waals surface area contributed by atoms with Crippen molar-refractivity contribution >= 4 is 17.3 Å². The van der Waals surface area contributed by atoms with Gasteiger partial charge in [0.2, 0.25) is 0 Å². The second kappa shape index (κ2) is 7.63. The number of ether oxygens (including phenoxy) is 2. The Morgan fingerprint density at radius 1 is 1.21 bits per heavy atom. The van der Waals surface area contributed by atoms with E-state index in [-0.39, 0.29) is 0 Å². The summed E-state index contributed by atoms with van der Waals surface area (Å²) in [6, 6.07) is 5.77. The van der Waals surface area contributed by atoms with Crippen LogP contribution in [-0.4, -0.2) is 25.9 Å².